The molecule has 1 unspecified atom stereocenters. The van der Waals surface area contributed by atoms with Gasteiger partial charge in [0.1, 0.15) is 0 Å². The van der Waals surface area contributed by atoms with Crippen molar-refractivity contribution in [2.45, 2.75) is 33.2 Å². The molecule has 1 N–H and O–H groups in total. The topological polar surface area (TPSA) is 35.6 Å². The van der Waals surface area contributed by atoms with E-state index in [9.17, 15) is 4.79 Å². The van der Waals surface area contributed by atoms with Crippen molar-refractivity contribution in [3.63, 3.8) is 0 Å². The van der Waals surface area contributed by atoms with Crippen LogP contribution in [0.3, 0.4) is 0 Å². The van der Waals surface area contributed by atoms with E-state index in [1.165, 1.54) is 0 Å². The number of amides is 1. The van der Waals surface area contributed by atoms with Crippen LogP contribution in [-0.2, 0) is 0 Å². The summed E-state index contributed by atoms with van der Waals surface area (Å²) in [6.07, 6.45) is 1.10. The standard InChI is InChI=1S/C17H27N3O/c1-5-8-18-16-7-6-15(11-13(16)2)17(21)20-10-9-19(4)14(3)12-20/h6-7,11,14,18H,5,8-10,12H2,1-4H3. The van der Waals surface area contributed by atoms with Crippen molar-refractivity contribution in [3.05, 3.63) is 29.3 Å². The van der Waals surface area contributed by atoms with E-state index in [-0.39, 0.29) is 5.91 Å². The molecule has 1 saturated heterocycles. The van der Waals surface area contributed by atoms with E-state index in [2.05, 4.69) is 38.0 Å². The van der Waals surface area contributed by atoms with Gasteiger partial charge in [0.25, 0.3) is 5.91 Å². The van der Waals surface area contributed by atoms with E-state index < -0.39 is 0 Å². The molecule has 0 radical (unpaired) electrons. The fourth-order valence-corrected chi connectivity index (χ4v) is 2.67. The maximum absolute atomic E-state index is 12.6. The Bertz CT molecular complexity index is 501. The number of likely N-dealkylation sites (N-methyl/N-ethyl adjacent to an activating group) is 1. The predicted octanol–water partition coefficient (Wildman–Crippen LogP) is 2.59. The van der Waals surface area contributed by atoms with Gasteiger partial charge in [-0.05, 0) is 51.1 Å². The third-order valence-corrected chi connectivity index (χ3v) is 4.29. The van der Waals surface area contributed by atoms with E-state index in [1.54, 1.807) is 0 Å². The Morgan fingerprint density at radius 3 is 2.76 bits per heavy atom. The van der Waals surface area contributed by atoms with E-state index in [4.69, 9.17) is 0 Å². The molecule has 1 aromatic rings. The molecule has 0 aromatic heterocycles. The average Bonchev–Trinajstić information content (AvgIpc) is 2.48. The number of rotatable bonds is 4. The number of carbonyl (C=O) groups excluding carboxylic acids is 1. The summed E-state index contributed by atoms with van der Waals surface area (Å²) in [5.41, 5.74) is 3.06. The summed E-state index contributed by atoms with van der Waals surface area (Å²) in [6, 6.07) is 6.39. The number of carbonyl (C=O) groups is 1. The molecule has 1 aliphatic heterocycles. The second-order valence-electron chi connectivity index (χ2n) is 6.04. The highest BCUT2D eigenvalue weighted by Crippen LogP contribution is 2.19. The van der Waals surface area contributed by atoms with Crippen LogP contribution in [0.5, 0.6) is 0 Å². The van der Waals surface area contributed by atoms with E-state index in [0.29, 0.717) is 6.04 Å². The summed E-state index contributed by atoms with van der Waals surface area (Å²) in [5, 5.41) is 3.39. The third-order valence-electron chi connectivity index (χ3n) is 4.29. The van der Waals surface area contributed by atoms with Crippen LogP contribution in [-0.4, -0.2) is 55.0 Å². The predicted molar refractivity (Wildman–Crippen MR) is 88.0 cm³/mol. The minimum Gasteiger partial charge on any atom is -0.385 e. The number of hydrogen-bond acceptors (Lipinski definition) is 3. The number of piperazine rings is 1. The smallest absolute Gasteiger partial charge is 0.253 e. The van der Waals surface area contributed by atoms with Gasteiger partial charge in [0.05, 0.1) is 0 Å². The lowest BCUT2D eigenvalue weighted by atomic mass is 10.1. The second kappa shape index (κ2) is 6.94. The molecule has 1 aliphatic rings. The van der Waals surface area contributed by atoms with Gasteiger partial charge >= 0.3 is 0 Å². The lowest BCUT2D eigenvalue weighted by molar-refractivity contribution is 0.0572. The molecule has 116 valence electrons. The molecule has 0 spiro atoms. The average molecular weight is 289 g/mol. The second-order valence-corrected chi connectivity index (χ2v) is 6.04. The van der Waals surface area contributed by atoms with Crippen LogP contribution in [0, 0.1) is 6.92 Å². The van der Waals surface area contributed by atoms with Crippen LogP contribution in [0.25, 0.3) is 0 Å². The summed E-state index contributed by atoms with van der Waals surface area (Å²) in [5.74, 6) is 0.153. The Kier molecular flexibility index (Phi) is 5.23. The fraction of sp³-hybridized carbons (Fsp3) is 0.588. The zero-order valence-corrected chi connectivity index (χ0v) is 13.6. The van der Waals surface area contributed by atoms with Gasteiger partial charge in [0.2, 0.25) is 0 Å². The number of anilines is 1. The lowest BCUT2D eigenvalue weighted by Gasteiger charge is -2.37. The minimum absolute atomic E-state index is 0.153. The van der Waals surface area contributed by atoms with Crippen LogP contribution >= 0.6 is 0 Å². The first kappa shape index (κ1) is 15.8. The van der Waals surface area contributed by atoms with Crippen LogP contribution in [0.2, 0.25) is 0 Å². The molecule has 1 atom stereocenters. The van der Waals surface area contributed by atoms with Gasteiger partial charge in [-0.1, -0.05) is 6.92 Å². The molecular formula is C17H27N3O. The van der Waals surface area contributed by atoms with Crippen molar-refractivity contribution < 1.29 is 4.79 Å². The molecule has 0 bridgehead atoms. The molecule has 1 fully saturated rings. The maximum Gasteiger partial charge on any atom is 0.253 e. The highest BCUT2D eigenvalue weighted by Gasteiger charge is 2.25. The molecule has 2 rings (SSSR count). The number of hydrogen-bond donors (Lipinski definition) is 1. The van der Waals surface area contributed by atoms with E-state index >= 15 is 0 Å². The monoisotopic (exact) mass is 289 g/mol. The van der Waals surface area contributed by atoms with Crippen molar-refractivity contribution >= 4 is 11.6 Å². The number of nitrogens with zero attached hydrogens (tertiary/aromatic N) is 2. The normalized spacial score (nSPS) is 19.6. The van der Waals surface area contributed by atoms with Crippen LogP contribution in [0.4, 0.5) is 5.69 Å². The zero-order valence-electron chi connectivity index (χ0n) is 13.6. The molecular weight excluding hydrogens is 262 g/mol. The van der Waals surface area contributed by atoms with Gasteiger partial charge in [0.15, 0.2) is 0 Å². The molecule has 4 nitrogen and oxygen atoms in total. The molecule has 1 aromatic carbocycles. The zero-order chi connectivity index (χ0) is 15.4. The van der Waals surface area contributed by atoms with Crippen molar-refractivity contribution in [2.24, 2.45) is 0 Å². The van der Waals surface area contributed by atoms with Gasteiger partial charge in [-0.2, -0.15) is 0 Å². The molecule has 4 heteroatoms. The highest BCUT2D eigenvalue weighted by molar-refractivity contribution is 5.95. The highest BCUT2D eigenvalue weighted by atomic mass is 16.2. The summed E-state index contributed by atoms with van der Waals surface area (Å²) >= 11 is 0. The first-order valence-corrected chi connectivity index (χ1v) is 7.87. The largest absolute Gasteiger partial charge is 0.385 e. The molecule has 0 aliphatic carbocycles. The summed E-state index contributed by atoms with van der Waals surface area (Å²) < 4.78 is 0. The fourth-order valence-electron chi connectivity index (χ4n) is 2.67. The van der Waals surface area contributed by atoms with Crippen molar-refractivity contribution in [1.29, 1.82) is 0 Å². The van der Waals surface area contributed by atoms with Gasteiger partial charge in [-0.25, -0.2) is 0 Å². The van der Waals surface area contributed by atoms with Gasteiger partial charge in [-0.15, -0.1) is 0 Å². The SMILES string of the molecule is CCCNc1ccc(C(=O)N2CCN(C)C(C)C2)cc1C. The van der Waals surface area contributed by atoms with Crippen LogP contribution in [0.15, 0.2) is 18.2 Å². The minimum atomic E-state index is 0.153. The number of nitrogens with one attached hydrogen (secondary N) is 1. The van der Waals surface area contributed by atoms with Crippen LogP contribution < -0.4 is 5.32 Å². The summed E-state index contributed by atoms with van der Waals surface area (Å²) in [4.78, 5) is 16.9. The molecule has 1 amide bonds. The summed E-state index contributed by atoms with van der Waals surface area (Å²) in [6.45, 7) is 9.91. The van der Waals surface area contributed by atoms with Crippen molar-refractivity contribution in [3.8, 4) is 0 Å². The Morgan fingerprint density at radius 1 is 1.38 bits per heavy atom. The van der Waals surface area contributed by atoms with Crippen molar-refractivity contribution in [1.82, 2.24) is 9.80 Å². The maximum atomic E-state index is 12.6. The van der Waals surface area contributed by atoms with E-state index in [0.717, 1.165) is 49.4 Å². The Hall–Kier alpha value is -1.55. The Morgan fingerprint density at radius 2 is 2.14 bits per heavy atom. The Labute approximate surface area is 128 Å². The summed E-state index contributed by atoms with van der Waals surface area (Å²) in [7, 11) is 2.12. The Balaban J connectivity index is 2.07. The molecule has 1 heterocycles. The van der Waals surface area contributed by atoms with Crippen molar-refractivity contribution in [2.75, 3.05) is 38.5 Å². The van der Waals surface area contributed by atoms with Gasteiger partial charge < -0.3 is 15.1 Å². The third kappa shape index (κ3) is 3.76. The number of benzene rings is 1. The van der Waals surface area contributed by atoms with E-state index in [1.807, 2.05) is 23.1 Å². The molecule has 0 saturated carbocycles. The first-order valence-electron chi connectivity index (χ1n) is 7.87. The quantitative estimate of drug-likeness (QED) is 0.925. The number of aryl methyl sites for hydroxylation is 1. The van der Waals surface area contributed by atoms with Gasteiger partial charge in [-0.3, -0.25) is 4.79 Å². The lowest BCUT2D eigenvalue weighted by Crippen LogP contribution is -2.52. The first-order chi connectivity index (χ1) is 10.0. The van der Waals surface area contributed by atoms with Crippen LogP contribution in [0.1, 0.15) is 36.2 Å². The molecule has 21 heavy (non-hydrogen) atoms. The van der Waals surface area contributed by atoms with Gasteiger partial charge in [0, 0.05) is 43.5 Å².